The van der Waals surface area contributed by atoms with Crippen LogP contribution in [0, 0.1) is 0 Å². The Hall–Kier alpha value is -5.34. The summed E-state index contributed by atoms with van der Waals surface area (Å²) < 4.78 is 14.3. The lowest BCUT2D eigenvalue weighted by Crippen LogP contribution is -2.35. The van der Waals surface area contributed by atoms with E-state index in [1.807, 2.05) is 24.3 Å². The summed E-state index contributed by atoms with van der Waals surface area (Å²) in [5.41, 5.74) is 4.93. The molecule has 6 aromatic rings. The zero-order valence-electron chi connectivity index (χ0n) is 23.0. The quantitative estimate of drug-likeness (QED) is 0.222. The van der Waals surface area contributed by atoms with Crippen molar-refractivity contribution < 1.29 is 9.47 Å². The Labute approximate surface area is 245 Å². The van der Waals surface area contributed by atoms with Gasteiger partial charge in [-0.2, -0.15) is 0 Å². The predicted molar refractivity (Wildman–Crippen MR) is 171 cm³/mol. The maximum absolute atomic E-state index is 7.16. The van der Waals surface area contributed by atoms with Gasteiger partial charge in [-0.25, -0.2) is 0 Å². The molecule has 42 heavy (non-hydrogen) atoms. The van der Waals surface area contributed by atoms with E-state index in [2.05, 4.69) is 146 Å². The average molecular weight is 541 g/mol. The Morgan fingerprint density at radius 1 is 0.333 bits per heavy atom. The summed E-state index contributed by atoms with van der Waals surface area (Å²) in [6, 6.07) is 50.4. The third kappa shape index (κ3) is 3.73. The summed E-state index contributed by atoms with van der Waals surface area (Å²) in [6.07, 6.45) is 8.74. The van der Waals surface area contributed by atoms with Crippen molar-refractivity contribution in [3.8, 4) is 11.5 Å². The number of benzene rings is 6. The van der Waals surface area contributed by atoms with E-state index in [1.54, 1.807) is 0 Å². The van der Waals surface area contributed by atoms with Crippen molar-refractivity contribution in [2.45, 2.75) is 11.2 Å². The Balaban J connectivity index is 1.32. The van der Waals surface area contributed by atoms with E-state index in [9.17, 15) is 0 Å². The highest BCUT2D eigenvalue weighted by molar-refractivity contribution is 5.99. The standard InChI is InChI=1S/C40H28O2/c1-5-13-31(14-6-1)39(32-15-7-2-8-16-32)27-25-29-21-24-36-35(37(29)41-39)23-22-30-26-28-40(42-38(30)36,33-17-9-3-10-18-33)34-19-11-4-12-20-34/h1-28H. The fraction of sp³-hybridized carbons (Fsp3) is 0.0500. The highest BCUT2D eigenvalue weighted by Gasteiger charge is 2.40. The van der Waals surface area contributed by atoms with E-state index in [1.165, 1.54) is 0 Å². The van der Waals surface area contributed by atoms with Crippen molar-refractivity contribution in [3.05, 3.63) is 191 Å². The van der Waals surface area contributed by atoms with Crippen LogP contribution in [-0.4, -0.2) is 0 Å². The minimum atomic E-state index is -0.752. The summed E-state index contributed by atoms with van der Waals surface area (Å²) in [5, 5.41) is 2.05. The zero-order chi connectivity index (χ0) is 28.0. The van der Waals surface area contributed by atoms with E-state index in [-0.39, 0.29) is 0 Å². The summed E-state index contributed by atoms with van der Waals surface area (Å²) in [5.74, 6) is 1.71. The van der Waals surface area contributed by atoms with E-state index in [0.29, 0.717) is 0 Å². The number of hydrogen-bond donors (Lipinski definition) is 0. The van der Waals surface area contributed by atoms with Crippen molar-refractivity contribution in [3.63, 3.8) is 0 Å². The molecule has 0 fully saturated rings. The van der Waals surface area contributed by atoms with Crippen LogP contribution in [0.2, 0.25) is 0 Å². The van der Waals surface area contributed by atoms with Crippen LogP contribution in [0.15, 0.2) is 158 Å². The summed E-state index contributed by atoms with van der Waals surface area (Å²) in [6.45, 7) is 0. The molecule has 0 aliphatic carbocycles. The molecule has 0 amide bonds. The lowest BCUT2D eigenvalue weighted by atomic mass is 9.82. The van der Waals surface area contributed by atoms with E-state index < -0.39 is 11.2 Å². The van der Waals surface area contributed by atoms with Gasteiger partial charge in [-0.05, 0) is 24.3 Å². The summed E-state index contributed by atoms with van der Waals surface area (Å²) in [4.78, 5) is 0. The largest absolute Gasteiger partial charge is 0.472 e. The normalized spacial score (nSPS) is 15.7. The van der Waals surface area contributed by atoms with Crippen LogP contribution in [-0.2, 0) is 11.2 Å². The van der Waals surface area contributed by atoms with Crippen molar-refractivity contribution >= 4 is 22.9 Å². The van der Waals surface area contributed by atoms with Gasteiger partial charge in [0.05, 0.1) is 0 Å². The first kappa shape index (κ1) is 24.5. The molecule has 0 spiro atoms. The SMILES string of the molecule is C1=CC(c2ccccc2)(c2ccccc2)Oc2c1ccc1c3c(ccc21)C=CC(c1ccccc1)(c1ccccc1)O3. The molecule has 2 aliphatic heterocycles. The first-order valence-electron chi connectivity index (χ1n) is 14.4. The monoisotopic (exact) mass is 540 g/mol. The van der Waals surface area contributed by atoms with E-state index in [0.717, 1.165) is 55.7 Å². The molecule has 0 radical (unpaired) electrons. The van der Waals surface area contributed by atoms with Crippen molar-refractivity contribution in [2.75, 3.05) is 0 Å². The molecule has 0 bridgehead atoms. The molecule has 0 atom stereocenters. The van der Waals surface area contributed by atoms with E-state index >= 15 is 0 Å². The topological polar surface area (TPSA) is 18.5 Å². The molecular weight excluding hydrogens is 512 g/mol. The van der Waals surface area contributed by atoms with Crippen molar-refractivity contribution in [2.24, 2.45) is 0 Å². The minimum absolute atomic E-state index is 0.752. The molecule has 6 aromatic carbocycles. The molecule has 2 heteroatoms. The van der Waals surface area contributed by atoms with Crippen LogP contribution in [0.4, 0.5) is 0 Å². The molecule has 200 valence electrons. The summed E-state index contributed by atoms with van der Waals surface area (Å²) >= 11 is 0. The van der Waals surface area contributed by atoms with Crippen LogP contribution in [0.5, 0.6) is 11.5 Å². The molecule has 0 saturated heterocycles. The molecule has 2 aliphatic rings. The van der Waals surface area contributed by atoms with Gasteiger partial charge >= 0.3 is 0 Å². The van der Waals surface area contributed by atoms with Gasteiger partial charge < -0.3 is 9.47 Å². The molecule has 2 nitrogen and oxygen atoms in total. The molecule has 0 saturated carbocycles. The van der Waals surface area contributed by atoms with Crippen LogP contribution in [0.25, 0.3) is 22.9 Å². The maximum Gasteiger partial charge on any atom is 0.178 e. The second-order valence-corrected chi connectivity index (χ2v) is 10.9. The maximum atomic E-state index is 7.16. The second kappa shape index (κ2) is 9.64. The van der Waals surface area contributed by atoms with Crippen molar-refractivity contribution in [1.82, 2.24) is 0 Å². The minimum Gasteiger partial charge on any atom is -0.472 e. The zero-order valence-corrected chi connectivity index (χ0v) is 23.0. The summed E-state index contributed by atoms with van der Waals surface area (Å²) in [7, 11) is 0. The molecule has 0 unspecified atom stereocenters. The smallest absolute Gasteiger partial charge is 0.178 e. The Kier molecular flexibility index (Phi) is 5.61. The molecule has 2 heterocycles. The van der Waals surface area contributed by atoms with Crippen LogP contribution >= 0.6 is 0 Å². The highest BCUT2D eigenvalue weighted by atomic mass is 16.5. The van der Waals surface area contributed by atoms with Gasteiger partial charge in [0.15, 0.2) is 11.2 Å². The molecule has 0 N–H and O–H groups in total. The number of ether oxygens (including phenoxy) is 2. The molecule has 0 aromatic heterocycles. The van der Waals surface area contributed by atoms with Gasteiger partial charge in [-0.15, -0.1) is 0 Å². The predicted octanol–water partition coefficient (Wildman–Crippen LogP) is 9.54. The van der Waals surface area contributed by atoms with Gasteiger partial charge in [0.25, 0.3) is 0 Å². The van der Waals surface area contributed by atoms with Gasteiger partial charge in [0.2, 0.25) is 0 Å². The fourth-order valence-electron chi connectivity index (χ4n) is 6.38. The second-order valence-electron chi connectivity index (χ2n) is 10.9. The van der Waals surface area contributed by atoms with Crippen LogP contribution < -0.4 is 9.47 Å². The van der Waals surface area contributed by atoms with Gasteiger partial charge in [0, 0.05) is 44.2 Å². The first-order chi connectivity index (χ1) is 20.8. The van der Waals surface area contributed by atoms with Crippen molar-refractivity contribution in [1.29, 1.82) is 0 Å². The Morgan fingerprint density at radius 3 is 0.952 bits per heavy atom. The van der Waals surface area contributed by atoms with Crippen LogP contribution in [0.3, 0.4) is 0 Å². The third-order valence-electron chi connectivity index (χ3n) is 8.49. The lowest BCUT2D eigenvalue weighted by Gasteiger charge is -2.38. The lowest BCUT2D eigenvalue weighted by molar-refractivity contribution is 0.161. The van der Waals surface area contributed by atoms with Crippen LogP contribution in [0.1, 0.15) is 33.4 Å². The Morgan fingerprint density at radius 2 is 0.643 bits per heavy atom. The van der Waals surface area contributed by atoms with Gasteiger partial charge in [-0.3, -0.25) is 0 Å². The number of hydrogen-bond acceptors (Lipinski definition) is 2. The fourth-order valence-corrected chi connectivity index (χ4v) is 6.38. The molecular formula is C40H28O2. The number of fused-ring (bicyclic) bond motifs is 5. The Bertz CT molecular complexity index is 1730. The molecule has 8 rings (SSSR count). The third-order valence-corrected chi connectivity index (χ3v) is 8.49. The number of rotatable bonds is 4. The van der Waals surface area contributed by atoms with E-state index in [4.69, 9.17) is 9.47 Å². The van der Waals surface area contributed by atoms with Gasteiger partial charge in [-0.1, -0.05) is 146 Å². The van der Waals surface area contributed by atoms with Gasteiger partial charge in [0.1, 0.15) is 11.5 Å². The first-order valence-corrected chi connectivity index (χ1v) is 14.4. The highest BCUT2D eigenvalue weighted by Crippen LogP contribution is 2.50. The average Bonchev–Trinajstić information content (AvgIpc) is 3.09.